The Balaban J connectivity index is 3.51. The van der Waals surface area contributed by atoms with Crippen LogP contribution in [0.2, 0.25) is 0 Å². The van der Waals surface area contributed by atoms with Crippen LogP contribution in [0.4, 0.5) is 0 Å². The maximum atomic E-state index is 9.17. The highest BCUT2D eigenvalue weighted by Crippen LogP contribution is 2.13. The van der Waals surface area contributed by atoms with E-state index in [1.807, 2.05) is 0 Å². The molecule has 0 saturated carbocycles. The lowest BCUT2D eigenvalue weighted by molar-refractivity contribution is 0.0752. The Morgan fingerprint density at radius 3 is 2.46 bits per heavy atom. The van der Waals surface area contributed by atoms with E-state index in [1.54, 1.807) is 0 Å². The number of allylic oxidation sites excluding steroid dienone is 2. The minimum absolute atomic E-state index is 0.118. The monoisotopic (exact) mass is 186 g/mol. The van der Waals surface area contributed by atoms with E-state index in [9.17, 15) is 5.11 Å². The zero-order valence-electron chi connectivity index (χ0n) is 8.95. The van der Waals surface area contributed by atoms with Gasteiger partial charge in [-0.15, -0.1) is 0 Å². The molecule has 0 aromatic rings. The van der Waals surface area contributed by atoms with Gasteiger partial charge in [0.1, 0.15) is 0 Å². The quantitative estimate of drug-likeness (QED) is 0.624. The van der Waals surface area contributed by atoms with E-state index in [0.717, 1.165) is 12.8 Å². The van der Waals surface area contributed by atoms with Gasteiger partial charge in [-0.1, -0.05) is 18.6 Å². The summed E-state index contributed by atoms with van der Waals surface area (Å²) in [7, 11) is 0. The van der Waals surface area contributed by atoms with E-state index in [4.69, 9.17) is 5.11 Å². The molecule has 2 heteroatoms. The van der Waals surface area contributed by atoms with Gasteiger partial charge in [0.2, 0.25) is 0 Å². The number of aliphatic hydroxyl groups is 2. The van der Waals surface area contributed by atoms with Crippen LogP contribution in [0.3, 0.4) is 0 Å². The molecule has 2 atom stereocenters. The van der Waals surface area contributed by atoms with Crippen LogP contribution >= 0.6 is 0 Å². The second-order valence-electron chi connectivity index (χ2n) is 4.04. The molecule has 2 nitrogen and oxygen atoms in total. The van der Waals surface area contributed by atoms with Crippen LogP contribution in [0.1, 0.15) is 40.0 Å². The van der Waals surface area contributed by atoms with Gasteiger partial charge in [0, 0.05) is 0 Å². The molecule has 0 radical (unpaired) electrons. The third kappa shape index (κ3) is 8.00. The van der Waals surface area contributed by atoms with Crippen molar-refractivity contribution in [1.82, 2.24) is 0 Å². The van der Waals surface area contributed by atoms with Crippen molar-refractivity contribution in [2.24, 2.45) is 5.92 Å². The molecule has 0 aromatic carbocycles. The Labute approximate surface area is 81.3 Å². The van der Waals surface area contributed by atoms with Gasteiger partial charge >= 0.3 is 0 Å². The Morgan fingerprint density at radius 1 is 1.38 bits per heavy atom. The topological polar surface area (TPSA) is 40.5 Å². The predicted molar refractivity (Wildman–Crippen MR) is 55.5 cm³/mol. The van der Waals surface area contributed by atoms with E-state index in [-0.39, 0.29) is 6.61 Å². The standard InChI is InChI=1S/C11H22O2/c1-9(2)5-4-6-10(3)7-11(13)8-12/h5,10-13H,4,6-8H2,1-3H3. The molecule has 0 aromatic heterocycles. The molecule has 2 N–H and O–H groups in total. The van der Waals surface area contributed by atoms with Crippen LogP contribution in [0.5, 0.6) is 0 Å². The lowest BCUT2D eigenvalue weighted by Crippen LogP contribution is -2.15. The Bertz CT molecular complexity index is 148. The smallest absolute Gasteiger partial charge is 0.0773 e. The van der Waals surface area contributed by atoms with Crippen molar-refractivity contribution in [3.63, 3.8) is 0 Å². The molecular weight excluding hydrogens is 164 g/mol. The second kappa shape index (κ2) is 7.10. The van der Waals surface area contributed by atoms with Crippen molar-refractivity contribution in [3.8, 4) is 0 Å². The van der Waals surface area contributed by atoms with Gasteiger partial charge in [-0.3, -0.25) is 0 Å². The van der Waals surface area contributed by atoms with Crippen molar-refractivity contribution in [2.75, 3.05) is 6.61 Å². The number of rotatable bonds is 6. The van der Waals surface area contributed by atoms with Crippen LogP contribution in [0.15, 0.2) is 11.6 Å². The molecule has 0 fully saturated rings. The number of hydrogen-bond donors (Lipinski definition) is 2. The maximum absolute atomic E-state index is 9.17. The summed E-state index contributed by atoms with van der Waals surface area (Å²) in [6.07, 6.45) is 4.53. The van der Waals surface area contributed by atoms with Crippen LogP contribution in [-0.2, 0) is 0 Å². The van der Waals surface area contributed by atoms with Crippen molar-refractivity contribution in [1.29, 1.82) is 0 Å². The van der Waals surface area contributed by atoms with Gasteiger partial charge in [0.15, 0.2) is 0 Å². The SMILES string of the molecule is CC(C)=CCCC(C)CC(O)CO. The fourth-order valence-corrected chi connectivity index (χ4v) is 1.31. The number of aliphatic hydroxyl groups excluding tert-OH is 2. The first-order valence-corrected chi connectivity index (χ1v) is 4.98. The van der Waals surface area contributed by atoms with E-state index in [0.29, 0.717) is 12.3 Å². The molecule has 0 aliphatic carbocycles. The Morgan fingerprint density at radius 2 is 2.00 bits per heavy atom. The minimum Gasteiger partial charge on any atom is -0.394 e. The van der Waals surface area contributed by atoms with Crippen LogP contribution < -0.4 is 0 Å². The van der Waals surface area contributed by atoms with Crippen molar-refractivity contribution < 1.29 is 10.2 Å². The van der Waals surface area contributed by atoms with Crippen molar-refractivity contribution >= 4 is 0 Å². The normalized spacial score (nSPS) is 15.2. The van der Waals surface area contributed by atoms with Crippen LogP contribution in [-0.4, -0.2) is 22.9 Å². The van der Waals surface area contributed by atoms with Crippen LogP contribution in [0, 0.1) is 5.92 Å². The summed E-state index contributed by atoms with van der Waals surface area (Å²) in [5, 5.41) is 17.8. The fourth-order valence-electron chi connectivity index (χ4n) is 1.31. The van der Waals surface area contributed by atoms with E-state index in [2.05, 4.69) is 26.8 Å². The summed E-state index contributed by atoms with van der Waals surface area (Å²) in [6, 6.07) is 0. The van der Waals surface area contributed by atoms with Gasteiger partial charge in [0.05, 0.1) is 12.7 Å². The molecule has 0 heterocycles. The molecule has 0 saturated heterocycles. The fraction of sp³-hybridized carbons (Fsp3) is 0.818. The molecule has 0 aliphatic rings. The molecule has 13 heavy (non-hydrogen) atoms. The molecule has 78 valence electrons. The largest absolute Gasteiger partial charge is 0.394 e. The molecule has 0 rings (SSSR count). The lowest BCUT2D eigenvalue weighted by atomic mass is 9.98. The zero-order valence-corrected chi connectivity index (χ0v) is 8.95. The van der Waals surface area contributed by atoms with Gasteiger partial charge in [-0.2, -0.15) is 0 Å². The first kappa shape index (κ1) is 12.7. The second-order valence-corrected chi connectivity index (χ2v) is 4.04. The average molecular weight is 186 g/mol. The first-order chi connectivity index (χ1) is 6.06. The average Bonchev–Trinajstić information content (AvgIpc) is 2.03. The molecule has 2 unspecified atom stereocenters. The van der Waals surface area contributed by atoms with Crippen molar-refractivity contribution in [3.05, 3.63) is 11.6 Å². The van der Waals surface area contributed by atoms with Crippen LogP contribution in [0.25, 0.3) is 0 Å². The Hall–Kier alpha value is -0.340. The highest BCUT2D eigenvalue weighted by Gasteiger charge is 2.07. The zero-order chi connectivity index (χ0) is 10.3. The van der Waals surface area contributed by atoms with Gasteiger partial charge in [-0.25, -0.2) is 0 Å². The Kier molecular flexibility index (Phi) is 6.92. The van der Waals surface area contributed by atoms with E-state index in [1.165, 1.54) is 5.57 Å². The summed E-state index contributed by atoms with van der Waals surface area (Å²) in [5.41, 5.74) is 1.34. The first-order valence-electron chi connectivity index (χ1n) is 4.98. The molecule has 0 spiro atoms. The summed E-state index contributed by atoms with van der Waals surface area (Å²) in [4.78, 5) is 0. The maximum Gasteiger partial charge on any atom is 0.0773 e. The third-order valence-electron chi connectivity index (χ3n) is 2.10. The summed E-state index contributed by atoms with van der Waals surface area (Å²) in [6.45, 7) is 6.17. The highest BCUT2D eigenvalue weighted by atomic mass is 16.3. The molecule has 0 amide bonds. The number of hydrogen-bond acceptors (Lipinski definition) is 2. The summed E-state index contributed by atoms with van der Waals surface area (Å²) < 4.78 is 0. The predicted octanol–water partition coefficient (Wildman–Crippen LogP) is 2.11. The van der Waals surface area contributed by atoms with Gasteiger partial charge in [-0.05, 0) is 39.0 Å². The molecule has 0 aliphatic heterocycles. The summed E-state index contributed by atoms with van der Waals surface area (Å²) >= 11 is 0. The molecular formula is C11H22O2. The third-order valence-corrected chi connectivity index (χ3v) is 2.10. The highest BCUT2D eigenvalue weighted by molar-refractivity contribution is 4.92. The summed E-state index contributed by atoms with van der Waals surface area (Å²) in [5.74, 6) is 0.484. The van der Waals surface area contributed by atoms with E-state index < -0.39 is 6.10 Å². The lowest BCUT2D eigenvalue weighted by Gasteiger charge is -2.13. The van der Waals surface area contributed by atoms with E-state index >= 15 is 0 Å². The van der Waals surface area contributed by atoms with Gasteiger partial charge in [0.25, 0.3) is 0 Å². The molecule has 0 bridgehead atoms. The van der Waals surface area contributed by atoms with Gasteiger partial charge < -0.3 is 10.2 Å². The van der Waals surface area contributed by atoms with Crippen molar-refractivity contribution in [2.45, 2.75) is 46.1 Å². The minimum atomic E-state index is -0.540.